The van der Waals surface area contributed by atoms with Crippen LogP contribution >= 0.6 is 0 Å². The van der Waals surface area contributed by atoms with Crippen molar-refractivity contribution in [2.24, 2.45) is 5.92 Å². The average Bonchev–Trinajstić information content (AvgIpc) is 3.37. The van der Waals surface area contributed by atoms with E-state index in [0.29, 0.717) is 12.0 Å². The van der Waals surface area contributed by atoms with Crippen molar-refractivity contribution in [3.8, 4) is 0 Å². The molecule has 200 valence electrons. The number of aryl methyl sites for hydroxylation is 1. The van der Waals surface area contributed by atoms with Crippen LogP contribution in [0.4, 0.5) is 4.79 Å². The van der Waals surface area contributed by atoms with Gasteiger partial charge in [-0.3, -0.25) is 0 Å². The maximum Gasteiger partial charge on any atom is 0.315 e. The zero-order chi connectivity index (χ0) is 26.4. The van der Waals surface area contributed by atoms with Crippen molar-refractivity contribution in [1.82, 2.24) is 16.0 Å². The van der Waals surface area contributed by atoms with E-state index in [0.717, 1.165) is 43.4 Å². The molecule has 5 heteroatoms. The second kappa shape index (κ2) is 12.1. The number of hydrogen-bond donors (Lipinski definition) is 4. The predicted molar refractivity (Wildman–Crippen MR) is 153 cm³/mol. The molecule has 0 aliphatic heterocycles. The Morgan fingerprint density at radius 1 is 0.868 bits per heavy atom. The van der Waals surface area contributed by atoms with Crippen LogP contribution in [0.1, 0.15) is 73.7 Å². The molecule has 2 aliphatic rings. The summed E-state index contributed by atoms with van der Waals surface area (Å²) in [7, 11) is 0. The van der Waals surface area contributed by atoms with E-state index >= 15 is 0 Å². The zero-order valence-corrected chi connectivity index (χ0v) is 22.4. The largest absolute Gasteiger partial charge is 0.378 e. The van der Waals surface area contributed by atoms with Gasteiger partial charge < -0.3 is 21.1 Å². The summed E-state index contributed by atoms with van der Waals surface area (Å²) in [6.45, 7) is 2.92. The van der Waals surface area contributed by atoms with Crippen molar-refractivity contribution < 1.29 is 9.90 Å². The molecule has 3 aromatic rings. The van der Waals surface area contributed by atoms with Gasteiger partial charge in [-0.05, 0) is 86.6 Å². The summed E-state index contributed by atoms with van der Waals surface area (Å²) in [6, 6.07) is 27.9. The summed E-state index contributed by atoms with van der Waals surface area (Å²) in [5, 5.41) is 21.9. The third-order valence-corrected chi connectivity index (χ3v) is 8.66. The van der Waals surface area contributed by atoms with Crippen molar-refractivity contribution in [2.75, 3.05) is 6.54 Å². The van der Waals surface area contributed by atoms with Gasteiger partial charge in [-0.1, -0.05) is 84.9 Å². The number of rotatable bonds is 9. The number of urea groups is 1. The lowest BCUT2D eigenvalue weighted by Crippen LogP contribution is -2.54. The van der Waals surface area contributed by atoms with E-state index < -0.39 is 11.6 Å². The van der Waals surface area contributed by atoms with Crippen LogP contribution in [-0.2, 0) is 12.0 Å². The lowest BCUT2D eigenvalue weighted by Gasteiger charge is -2.36. The summed E-state index contributed by atoms with van der Waals surface area (Å²) in [6.07, 6.45) is 7.85. The van der Waals surface area contributed by atoms with Gasteiger partial charge in [0.1, 0.15) is 5.60 Å². The van der Waals surface area contributed by atoms with Gasteiger partial charge in [0, 0.05) is 12.1 Å². The maximum absolute atomic E-state index is 13.0. The molecule has 1 fully saturated rings. The van der Waals surface area contributed by atoms with Gasteiger partial charge in [-0.2, -0.15) is 0 Å². The Bertz CT molecular complexity index is 1140. The van der Waals surface area contributed by atoms with Crippen LogP contribution in [0.5, 0.6) is 0 Å². The highest BCUT2D eigenvalue weighted by atomic mass is 16.3. The fraction of sp³-hybridized carbons (Fsp3) is 0.424. The molecule has 0 spiro atoms. The molecule has 38 heavy (non-hydrogen) atoms. The number of benzene rings is 3. The molecule has 2 aliphatic carbocycles. The summed E-state index contributed by atoms with van der Waals surface area (Å²) in [5.74, 6) is 0.709. The lowest BCUT2D eigenvalue weighted by molar-refractivity contribution is 0.0470. The topological polar surface area (TPSA) is 73.4 Å². The van der Waals surface area contributed by atoms with Crippen molar-refractivity contribution in [2.45, 2.75) is 75.6 Å². The lowest BCUT2D eigenvalue weighted by atomic mass is 9.81. The molecule has 3 aromatic carbocycles. The molecule has 5 nitrogen and oxygen atoms in total. The van der Waals surface area contributed by atoms with Crippen LogP contribution in [-0.4, -0.2) is 29.8 Å². The van der Waals surface area contributed by atoms with Gasteiger partial charge in [0.15, 0.2) is 0 Å². The molecule has 0 saturated heterocycles. The Kier molecular flexibility index (Phi) is 8.45. The first kappa shape index (κ1) is 26.5. The van der Waals surface area contributed by atoms with Crippen molar-refractivity contribution >= 4 is 6.03 Å². The second-order valence-electron chi connectivity index (χ2n) is 11.1. The summed E-state index contributed by atoms with van der Waals surface area (Å²) < 4.78 is 0. The Hall–Kier alpha value is -3.15. The van der Waals surface area contributed by atoms with Crippen molar-refractivity contribution in [3.63, 3.8) is 0 Å². The molecular weight excluding hydrogens is 470 g/mol. The third kappa shape index (κ3) is 5.95. The van der Waals surface area contributed by atoms with Crippen molar-refractivity contribution in [1.29, 1.82) is 0 Å². The number of fused-ring (bicyclic) bond motifs is 1. The number of nitrogens with one attached hydrogen (secondary N) is 3. The molecule has 2 amide bonds. The highest BCUT2D eigenvalue weighted by Crippen LogP contribution is 2.34. The molecule has 0 bridgehead atoms. The van der Waals surface area contributed by atoms with Gasteiger partial charge in [-0.15, -0.1) is 0 Å². The Morgan fingerprint density at radius 3 is 2.13 bits per heavy atom. The van der Waals surface area contributed by atoms with Gasteiger partial charge >= 0.3 is 6.03 Å². The summed E-state index contributed by atoms with van der Waals surface area (Å²) >= 11 is 0. The molecule has 0 radical (unpaired) electrons. The normalized spacial score (nSPS) is 21.9. The first-order chi connectivity index (χ1) is 18.5. The highest BCUT2D eigenvalue weighted by molar-refractivity contribution is 5.75. The van der Waals surface area contributed by atoms with Crippen molar-refractivity contribution in [3.05, 3.63) is 107 Å². The fourth-order valence-corrected chi connectivity index (χ4v) is 6.41. The van der Waals surface area contributed by atoms with E-state index in [-0.39, 0.29) is 12.1 Å². The highest BCUT2D eigenvalue weighted by Gasteiger charge is 2.38. The minimum atomic E-state index is -1.33. The Morgan fingerprint density at radius 2 is 1.47 bits per heavy atom. The molecule has 1 saturated carbocycles. The number of carbonyl (C=O) groups excluding carboxylic acids is 1. The Balaban J connectivity index is 1.09. The first-order valence-electron chi connectivity index (χ1n) is 14.3. The molecule has 2 atom stereocenters. The van der Waals surface area contributed by atoms with Crippen LogP contribution in [0.15, 0.2) is 84.9 Å². The zero-order valence-electron chi connectivity index (χ0n) is 22.4. The van der Waals surface area contributed by atoms with E-state index in [1.54, 1.807) is 0 Å². The van der Waals surface area contributed by atoms with E-state index in [9.17, 15) is 9.90 Å². The molecule has 4 N–H and O–H groups in total. The van der Waals surface area contributed by atoms with Crippen LogP contribution in [0, 0.1) is 5.92 Å². The van der Waals surface area contributed by atoms with Crippen LogP contribution in [0.2, 0.25) is 0 Å². The molecule has 0 unspecified atom stereocenters. The van der Waals surface area contributed by atoms with Gasteiger partial charge in [0.2, 0.25) is 0 Å². The average molecular weight is 512 g/mol. The fourth-order valence-electron chi connectivity index (χ4n) is 6.41. The van der Waals surface area contributed by atoms with Crippen LogP contribution in [0.3, 0.4) is 0 Å². The van der Waals surface area contributed by atoms with Gasteiger partial charge in [0.05, 0.1) is 6.04 Å². The number of hydrogen-bond acceptors (Lipinski definition) is 3. The molecular formula is C33H41N3O2. The third-order valence-electron chi connectivity index (χ3n) is 8.66. The minimum Gasteiger partial charge on any atom is -0.378 e. The quantitative estimate of drug-likeness (QED) is 0.292. The van der Waals surface area contributed by atoms with E-state index in [1.807, 2.05) is 67.6 Å². The van der Waals surface area contributed by atoms with Gasteiger partial charge in [0.25, 0.3) is 0 Å². The summed E-state index contributed by atoms with van der Waals surface area (Å²) in [4.78, 5) is 13.0. The minimum absolute atomic E-state index is 0.176. The molecule has 0 heterocycles. The number of aliphatic hydroxyl groups is 1. The number of amides is 2. The Labute approximate surface area is 227 Å². The first-order valence-corrected chi connectivity index (χ1v) is 14.3. The van der Waals surface area contributed by atoms with E-state index in [4.69, 9.17) is 0 Å². The van der Waals surface area contributed by atoms with Crippen LogP contribution < -0.4 is 16.0 Å². The number of carbonyl (C=O) groups is 1. The SMILES string of the molecule is C[C@@H](NC(=O)N[C@H]1CC[C@H](CCN[C@H]2CCc3ccccc32)CC1)C(O)(c1ccccc1)c1ccccc1. The second-order valence-corrected chi connectivity index (χ2v) is 11.1. The van der Waals surface area contributed by atoms with E-state index in [1.165, 1.54) is 30.4 Å². The van der Waals surface area contributed by atoms with E-state index in [2.05, 4.69) is 40.2 Å². The predicted octanol–water partition coefficient (Wildman–Crippen LogP) is 5.84. The molecule has 5 rings (SSSR count). The maximum atomic E-state index is 13.0. The standard InChI is InChI=1S/C33H41N3O2/c1-24(33(38,27-11-4-2-5-12-27)28-13-6-3-7-14-28)35-32(37)36-29-19-16-25(17-20-29)22-23-34-31-21-18-26-10-8-9-15-30(26)31/h2-15,24-25,29,31,34,38H,16-23H2,1H3,(H2,35,36,37)/t24-,25-,29-,31+/m1/s1. The summed E-state index contributed by atoms with van der Waals surface area (Å²) in [5.41, 5.74) is 3.16. The molecule has 0 aromatic heterocycles. The van der Waals surface area contributed by atoms with Crippen LogP contribution in [0.25, 0.3) is 0 Å². The monoisotopic (exact) mass is 511 g/mol. The van der Waals surface area contributed by atoms with Gasteiger partial charge in [-0.25, -0.2) is 4.79 Å². The smallest absolute Gasteiger partial charge is 0.315 e.